The van der Waals surface area contributed by atoms with Gasteiger partial charge in [-0.1, -0.05) is 6.92 Å². The zero-order valence-electron chi connectivity index (χ0n) is 9.38. The number of hydrogen-bond donors (Lipinski definition) is 0. The van der Waals surface area contributed by atoms with E-state index in [4.69, 9.17) is 0 Å². The minimum Gasteiger partial charge on any atom is -0.238 e. The Balaban J connectivity index is 2.18. The van der Waals surface area contributed by atoms with Crippen LogP contribution in [0.3, 0.4) is 0 Å². The maximum absolute atomic E-state index is 2.63. The van der Waals surface area contributed by atoms with Gasteiger partial charge in [-0.15, -0.1) is 0 Å². The molecule has 1 saturated heterocycles. The zero-order chi connectivity index (χ0) is 9.64. The van der Waals surface area contributed by atoms with Gasteiger partial charge < -0.3 is 0 Å². The highest BCUT2D eigenvalue weighted by atomic mass is 15.7. The third-order valence-electron chi connectivity index (χ3n) is 3.43. The van der Waals surface area contributed by atoms with E-state index >= 15 is 0 Å². The first-order valence-electron chi connectivity index (χ1n) is 5.60. The molecular weight excluding hydrogens is 160 g/mol. The smallest absolute Gasteiger partial charge is 0.0275 e. The van der Waals surface area contributed by atoms with Crippen LogP contribution in [0.25, 0.3) is 0 Å². The summed E-state index contributed by atoms with van der Waals surface area (Å²) in [5, 5.41) is 5.22. The van der Waals surface area contributed by atoms with Gasteiger partial charge in [-0.3, -0.25) is 0 Å². The summed E-state index contributed by atoms with van der Waals surface area (Å²) in [5.41, 5.74) is 0.315. The molecule has 0 aromatic carbocycles. The van der Waals surface area contributed by atoms with Crippen LogP contribution in [-0.4, -0.2) is 34.2 Å². The molecule has 2 unspecified atom stereocenters. The Morgan fingerprint density at radius 3 is 2.23 bits per heavy atom. The lowest BCUT2D eigenvalue weighted by atomic mass is 10.1. The van der Waals surface area contributed by atoms with Crippen LogP contribution in [-0.2, 0) is 0 Å². The molecule has 1 aliphatic heterocycles. The molecular formula is C11H22N2. The van der Waals surface area contributed by atoms with Gasteiger partial charge in [0.1, 0.15) is 0 Å². The first-order valence-corrected chi connectivity index (χ1v) is 5.60. The molecule has 2 nitrogen and oxygen atoms in total. The molecule has 0 aromatic rings. The summed E-state index contributed by atoms with van der Waals surface area (Å²) in [4.78, 5) is 0. The van der Waals surface area contributed by atoms with Gasteiger partial charge in [-0.2, -0.15) is 0 Å². The van der Waals surface area contributed by atoms with Crippen LogP contribution in [0.1, 0.15) is 47.0 Å². The molecule has 2 heteroatoms. The summed E-state index contributed by atoms with van der Waals surface area (Å²) in [6.07, 6.45) is 4.24. The highest BCUT2D eigenvalue weighted by Crippen LogP contribution is 2.41. The SMILES string of the molecule is CCN1C2CCC(C2)N1C(C)(C)C. The molecule has 1 saturated carbocycles. The third-order valence-corrected chi connectivity index (χ3v) is 3.43. The fourth-order valence-corrected chi connectivity index (χ4v) is 3.16. The van der Waals surface area contributed by atoms with Crippen molar-refractivity contribution in [2.24, 2.45) is 0 Å². The highest BCUT2D eigenvalue weighted by Gasteiger charge is 2.47. The number of fused-ring (bicyclic) bond motifs is 2. The Bertz CT molecular complexity index is 195. The van der Waals surface area contributed by atoms with Crippen molar-refractivity contribution in [1.82, 2.24) is 10.0 Å². The molecule has 76 valence electrons. The van der Waals surface area contributed by atoms with Crippen LogP contribution in [0.2, 0.25) is 0 Å². The van der Waals surface area contributed by atoms with Gasteiger partial charge in [-0.05, 0) is 40.0 Å². The summed E-state index contributed by atoms with van der Waals surface area (Å²) >= 11 is 0. The van der Waals surface area contributed by atoms with Crippen molar-refractivity contribution in [3.8, 4) is 0 Å². The fraction of sp³-hybridized carbons (Fsp3) is 1.00. The lowest BCUT2D eigenvalue weighted by Gasteiger charge is -2.46. The molecule has 2 atom stereocenters. The second-order valence-electron chi connectivity index (χ2n) is 5.39. The van der Waals surface area contributed by atoms with E-state index in [1.807, 2.05) is 0 Å². The van der Waals surface area contributed by atoms with Crippen LogP contribution in [0.4, 0.5) is 0 Å². The molecule has 1 heterocycles. The highest BCUT2D eigenvalue weighted by molar-refractivity contribution is 4.98. The van der Waals surface area contributed by atoms with Gasteiger partial charge in [0.15, 0.2) is 0 Å². The van der Waals surface area contributed by atoms with Gasteiger partial charge >= 0.3 is 0 Å². The molecule has 1 aliphatic carbocycles. The monoisotopic (exact) mass is 182 g/mol. The Morgan fingerprint density at radius 2 is 1.77 bits per heavy atom. The van der Waals surface area contributed by atoms with Gasteiger partial charge in [0.2, 0.25) is 0 Å². The lowest BCUT2D eigenvalue weighted by Crippen LogP contribution is -2.55. The number of nitrogens with zero attached hydrogens (tertiary/aromatic N) is 2. The van der Waals surface area contributed by atoms with Gasteiger partial charge in [-0.25, -0.2) is 10.0 Å². The van der Waals surface area contributed by atoms with Crippen molar-refractivity contribution in [3.05, 3.63) is 0 Å². The largest absolute Gasteiger partial charge is 0.238 e. The standard InChI is InChI=1S/C11H22N2/c1-5-12-9-6-7-10(8-9)13(12)11(2,3)4/h9-10H,5-8H2,1-4H3. The maximum Gasteiger partial charge on any atom is 0.0275 e. The minimum atomic E-state index is 0.315. The topological polar surface area (TPSA) is 6.48 Å². The molecule has 13 heavy (non-hydrogen) atoms. The molecule has 0 radical (unpaired) electrons. The minimum absolute atomic E-state index is 0.315. The molecule has 2 fully saturated rings. The maximum atomic E-state index is 2.63. The second-order valence-corrected chi connectivity index (χ2v) is 5.39. The van der Waals surface area contributed by atoms with E-state index in [9.17, 15) is 0 Å². The van der Waals surface area contributed by atoms with Crippen LogP contribution in [0.5, 0.6) is 0 Å². The van der Waals surface area contributed by atoms with Crippen LogP contribution in [0, 0.1) is 0 Å². The molecule has 2 bridgehead atoms. The average molecular weight is 182 g/mol. The van der Waals surface area contributed by atoms with Gasteiger partial charge in [0, 0.05) is 24.2 Å². The quantitative estimate of drug-likeness (QED) is 0.614. The van der Waals surface area contributed by atoms with Crippen LogP contribution >= 0.6 is 0 Å². The van der Waals surface area contributed by atoms with Crippen LogP contribution in [0.15, 0.2) is 0 Å². The number of rotatable bonds is 1. The predicted molar refractivity (Wildman–Crippen MR) is 55.4 cm³/mol. The van der Waals surface area contributed by atoms with Crippen molar-refractivity contribution < 1.29 is 0 Å². The van der Waals surface area contributed by atoms with Gasteiger partial charge in [0.05, 0.1) is 0 Å². The lowest BCUT2D eigenvalue weighted by molar-refractivity contribution is -0.110. The van der Waals surface area contributed by atoms with E-state index in [1.165, 1.54) is 25.8 Å². The normalized spacial score (nSPS) is 36.0. The first-order chi connectivity index (χ1) is 6.04. The van der Waals surface area contributed by atoms with E-state index in [0.717, 1.165) is 12.1 Å². The second kappa shape index (κ2) is 2.96. The van der Waals surface area contributed by atoms with Crippen molar-refractivity contribution in [2.75, 3.05) is 6.54 Å². The van der Waals surface area contributed by atoms with E-state index < -0.39 is 0 Å². The summed E-state index contributed by atoms with van der Waals surface area (Å²) in [6.45, 7) is 10.4. The average Bonchev–Trinajstić information content (AvgIpc) is 2.59. The number of hydrogen-bond acceptors (Lipinski definition) is 2. The molecule has 2 rings (SSSR count). The molecule has 0 aromatic heterocycles. The Kier molecular flexibility index (Phi) is 2.16. The Hall–Kier alpha value is -0.0800. The van der Waals surface area contributed by atoms with E-state index in [0.29, 0.717) is 5.54 Å². The summed E-state index contributed by atoms with van der Waals surface area (Å²) in [5.74, 6) is 0. The number of hydrazine groups is 1. The summed E-state index contributed by atoms with van der Waals surface area (Å²) < 4.78 is 0. The van der Waals surface area contributed by atoms with E-state index in [1.54, 1.807) is 0 Å². The van der Waals surface area contributed by atoms with Crippen molar-refractivity contribution in [3.63, 3.8) is 0 Å². The van der Waals surface area contributed by atoms with Gasteiger partial charge in [0.25, 0.3) is 0 Å². The summed E-state index contributed by atoms with van der Waals surface area (Å²) in [7, 11) is 0. The Morgan fingerprint density at radius 1 is 1.15 bits per heavy atom. The van der Waals surface area contributed by atoms with Crippen molar-refractivity contribution in [1.29, 1.82) is 0 Å². The van der Waals surface area contributed by atoms with E-state index in [-0.39, 0.29) is 0 Å². The molecule has 0 N–H and O–H groups in total. The predicted octanol–water partition coefficient (Wildman–Crippen LogP) is 2.26. The van der Waals surface area contributed by atoms with E-state index in [2.05, 4.69) is 37.7 Å². The first kappa shape index (κ1) is 9.47. The fourth-order valence-electron chi connectivity index (χ4n) is 3.16. The Labute approximate surface area is 81.9 Å². The van der Waals surface area contributed by atoms with Crippen molar-refractivity contribution >= 4 is 0 Å². The molecule has 0 spiro atoms. The van der Waals surface area contributed by atoms with Crippen LogP contribution < -0.4 is 0 Å². The van der Waals surface area contributed by atoms with Crippen molar-refractivity contribution in [2.45, 2.75) is 64.6 Å². The zero-order valence-corrected chi connectivity index (χ0v) is 9.38. The third kappa shape index (κ3) is 1.40. The molecule has 2 aliphatic rings. The summed E-state index contributed by atoms with van der Waals surface area (Å²) in [6, 6.07) is 1.69. The molecule has 0 amide bonds.